The van der Waals surface area contributed by atoms with Crippen LogP contribution in [0, 0.1) is 0 Å². The van der Waals surface area contributed by atoms with Crippen LogP contribution in [0.3, 0.4) is 0 Å². The van der Waals surface area contributed by atoms with E-state index in [1.165, 1.54) is 12.1 Å². The van der Waals surface area contributed by atoms with Gasteiger partial charge in [0.15, 0.2) is 0 Å². The van der Waals surface area contributed by atoms with Crippen molar-refractivity contribution in [2.75, 3.05) is 0 Å². The van der Waals surface area contributed by atoms with Crippen molar-refractivity contribution < 1.29 is 28.2 Å². The number of carbonyl (C=O) groups is 2. The summed E-state index contributed by atoms with van der Waals surface area (Å²) < 4.78 is 21.9. The zero-order valence-electron chi connectivity index (χ0n) is 18.7. The first kappa shape index (κ1) is 23.8. The van der Waals surface area contributed by atoms with E-state index in [0.717, 1.165) is 30.7 Å². The van der Waals surface area contributed by atoms with E-state index in [0.29, 0.717) is 23.3 Å². The van der Waals surface area contributed by atoms with Crippen LogP contribution < -0.4 is 15.1 Å². The molecule has 0 spiro atoms. The van der Waals surface area contributed by atoms with Gasteiger partial charge in [-0.05, 0) is 48.9 Å². The second-order valence-electron chi connectivity index (χ2n) is 7.69. The molecule has 3 rings (SSSR count). The Labute approximate surface area is 191 Å². The molecule has 0 aliphatic heterocycles. The maximum absolute atomic E-state index is 12.5. The van der Waals surface area contributed by atoms with Gasteiger partial charge in [-0.1, -0.05) is 26.3 Å². The summed E-state index contributed by atoms with van der Waals surface area (Å²) in [7, 11) is 0. The van der Waals surface area contributed by atoms with Crippen LogP contribution in [0.5, 0.6) is 11.5 Å². The molecule has 3 aromatic rings. The Kier molecular flexibility index (Phi) is 7.66. The largest absolute Gasteiger partial charge is 0.453 e. The number of unbranched alkanes of at least 4 members (excludes halogenated alkanes) is 2. The first-order chi connectivity index (χ1) is 15.8. The molecule has 0 radical (unpaired) electrons. The SMILES string of the molecule is C=CC(=O)OC(C)(CCCCC)Oc1ccc(C(=O)Oc2ccc3ccc(=O)oc3c2)cc1. The van der Waals surface area contributed by atoms with Crippen molar-refractivity contribution in [3.8, 4) is 11.5 Å². The summed E-state index contributed by atoms with van der Waals surface area (Å²) in [5.74, 6) is -1.61. The predicted molar refractivity (Wildman–Crippen MR) is 123 cm³/mol. The second-order valence-corrected chi connectivity index (χ2v) is 7.69. The summed E-state index contributed by atoms with van der Waals surface area (Å²) in [6.07, 6.45) is 4.44. The Hall–Kier alpha value is -3.87. The third-order valence-corrected chi connectivity index (χ3v) is 4.95. The van der Waals surface area contributed by atoms with Crippen LogP contribution in [0.4, 0.5) is 0 Å². The van der Waals surface area contributed by atoms with Gasteiger partial charge in [0.1, 0.15) is 17.1 Å². The molecule has 1 aromatic heterocycles. The average molecular weight is 450 g/mol. The number of hydrogen-bond donors (Lipinski definition) is 0. The van der Waals surface area contributed by atoms with Crippen LogP contribution >= 0.6 is 0 Å². The van der Waals surface area contributed by atoms with Crippen LogP contribution in [0.25, 0.3) is 11.0 Å². The minimum Gasteiger partial charge on any atom is -0.453 e. The van der Waals surface area contributed by atoms with Crippen LogP contribution in [-0.2, 0) is 9.53 Å². The van der Waals surface area contributed by atoms with E-state index in [-0.39, 0.29) is 5.75 Å². The lowest BCUT2D eigenvalue weighted by molar-refractivity contribution is -0.188. The highest BCUT2D eigenvalue weighted by Gasteiger charge is 2.30. The number of carbonyl (C=O) groups excluding carboxylic acids is 2. The molecule has 0 N–H and O–H groups in total. The van der Waals surface area contributed by atoms with Gasteiger partial charge in [0.25, 0.3) is 5.79 Å². The normalized spacial score (nSPS) is 12.5. The number of rotatable bonds is 10. The molecule has 0 saturated heterocycles. The molecule has 0 aliphatic carbocycles. The standard InChI is InChI=1S/C26H26O7/c1-4-6-7-16-26(3,33-23(27)5-2)32-20-12-9-19(10-13-20)25(29)30-21-14-8-18-11-15-24(28)31-22(18)17-21/h5,8-15,17H,2,4,6-7,16H2,1,3H3. The van der Waals surface area contributed by atoms with Gasteiger partial charge in [0.2, 0.25) is 0 Å². The molecule has 0 fully saturated rings. The number of esters is 2. The minimum absolute atomic E-state index is 0.252. The van der Waals surface area contributed by atoms with E-state index >= 15 is 0 Å². The Balaban J connectivity index is 1.70. The molecule has 33 heavy (non-hydrogen) atoms. The molecule has 2 aromatic carbocycles. The van der Waals surface area contributed by atoms with Gasteiger partial charge >= 0.3 is 17.6 Å². The van der Waals surface area contributed by atoms with E-state index in [1.54, 1.807) is 49.4 Å². The molecular weight excluding hydrogens is 424 g/mol. The van der Waals surface area contributed by atoms with Crippen molar-refractivity contribution >= 4 is 22.9 Å². The molecule has 0 amide bonds. The number of benzene rings is 2. The first-order valence-corrected chi connectivity index (χ1v) is 10.7. The van der Waals surface area contributed by atoms with Crippen molar-refractivity contribution in [2.45, 2.75) is 45.3 Å². The van der Waals surface area contributed by atoms with E-state index in [4.69, 9.17) is 18.6 Å². The van der Waals surface area contributed by atoms with Gasteiger partial charge in [-0.25, -0.2) is 14.4 Å². The lowest BCUT2D eigenvalue weighted by atomic mass is 10.1. The fourth-order valence-corrected chi connectivity index (χ4v) is 3.25. The average Bonchev–Trinajstić information content (AvgIpc) is 2.79. The topological polar surface area (TPSA) is 92.0 Å². The molecule has 0 bridgehead atoms. The van der Waals surface area contributed by atoms with Crippen molar-refractivity contribution in [3.63, 3.8) is 0 Å². The lowest BCUT2D eigenvalue weighted by Crippen LogP contribution is -2.37. The fraction of sp³-hybridized carbons (Fsp3) is 0.269. The molecule has 1 heterocycles. The highest BCUT2D eigenvalue weighted by atomic mass is 16.7. The third kappa shape index (κ3) is 6.55. The summed E-state index contributed by atoms with van der Waals surface area (Å²) in [6.45, 7) is 7.21. The maximum atomic E-state index is 12.5. The number of fused-ring (bicyclic) bond motifs is 1. The van der Waals surface area contributed by atoms with E-state index in [9.17, 15) is 14.4 Å². The van der Waals surface area contributed by atoms with Crippen LogP contribution in [0.1, 0.15) is 49.9 Å². The summed E-state index contributed by atoms with van der Waals surface area (Å²) in [5.41, 5.74) is 0.141. The molecule has 1 atom stereocenters. The van der Waals surface area contributed by atoms with Gasteiger partial charge in [-0.2, -0.15) is 0 Å². The summed E-state index contributed by atoms with van der Waals surface area (Å²) in [5, 5.41) is 0.718. The quantitative estimate of drug-likeness (QED) is 0.102. The summed E-state index contributed by atoms with van der Waals surface area (Å²) in [4.78, 5) is 35.7. The number of hydrogen-bond acceptors (Lipinski definition) is 7. The Morgan fingerprint density at radius 1 is 1.03 bits per heavy atom. The molecular formula is C26H26O7. The molecule has 7 nitrogen and oxygen atoms in total. The van der Waals surface area contributed by atoms with Crippen molar-refractivity contribution in [1.29, 1.82) is 0 Å². The van der Waals surface area contributed by atoms with Gasteiger partial charge in [0.05, 0.1) is 5.56 Å². The van der Waals surface area contributed by atoms with Crippen molar-refractivity contribution in [2.24, 2.45) is 0 Å². The van der Waals surface area contributed by atoms with E-state index in [1.807, 2.05) is 0 Å². The van der Waals surface area contributed by atoms with Crippen LogP contribution in [0.15, 0.2) is 76.5 Å². The fourth-order valence-electron chi connectivity index (χ4n) is 3.25. The maximum Gasteiger partial charge on any atom is 0.343 e. The van der Waals surface area contributed by atoms with Gasteiger partial charge in [-0.15, -0.1) is 0 Å². The molecule has 0 saturated carbocycles. The summed E-state index contributed by atoms with van der Waals surface area (Å²) in [6, 6.07) is 14.1. The molecule has 7 heteroatoms. The lowest BCUT2D eigenvalue weighted by Gasteiger charge is -2.30. The zero-order valence-corrected chi connectivity index (χ0v) is 18.7. The zero-order chi connectivity index (χ0) is 23.8. The Morgan fingerprint density at radius 3 is 2.42 bits per heavy atom. The highest BCUT2D eigenvalue weighted by molar-refractivity contribution is 5.91. The molecule has 172 valence electrons. The van der Waals surface area contributed by atoms with Gasteiger partial charge in [0, 0.05) is 36.9 Å². The minimum atomic E-state index is -1.16. The van der Waals surface area contributed by atoms with Crippen LogP contribution in [-0.4, -0.2) is 17.7 Å². The Bertz CT molecular complexity index is 1190. The van der Waals surface area contributed by atoms with Crippen LogP contribution in [0.2, 0.25) is 0 Å². The van der Waals surface area contributed by atoms with Crippen molar-refractivity contribution in [3.05, 3.63) is 83.2 Å². The monoisotopic (exact) mass is 450 g/mol. The van der Waals surface area contributed by atoms with Crippen molar-refractivity contribution in [1.82, 2.24) is 0 Å². The highest BCUT2D eigenvalue weighted by Crippen LogP contribution is 2.26. The van der Waals surface area contributed by atoms with Gasteiger partial charge < -0.3 is 18.6 Å². The second kappa shape index (κ2) is 10.6. The summed E-state index contributed by atoms with van der Waals surface area (Å²) >= 11 is 0. The molecule has 1 unspecified atom stereocenters. The van der Waals surface area contributed by atoms with Gasteiger partial charge in [-0.3, -0.25) is 0 Å². The predicted octanol–water partition coefficient (Wildman–Crippen LogP) is 5.42. The molecule has 0 aliphatic rings. The third-order valence-electron chi connectivity index (χ3n) is 4.95. The number of ether oxygens (including phenoxy) is 3. The first-order valence-electron chi connectivity index (χ1n) is 10.7. The van der Waals surface area contributed by atoms with E-state index < -0.39 is 23.4 Å². The smallest absolute Gasteiger partial charge is 0.343 e. The Morgan fingerprint density at radius 2 is 1.73 bits per heavy atom. The van der Waals surface area contributed by atoms with E-state index in [2.05, 4.69) is 13.5 Å².